The molecule has 3 aromatic rings. The minimum atomic E-state index is -0.213. The normalized spacial score (nSPS) is 18.4. The van der Waals surface area contributed by atoms with Gasteiger partial charge in [0.15, 0.2) is 0 Å². The number of aromatic amines is 1. The summed E-state index contributed by atoms with van der Waals surface area (Å²) in [4.78, 5) is 6.57. The van der Waals surface area contributed by atoms with E-state index in [1.807, 2.05) is 30.7 Å². The van der Waals surface area contributed by atoms with E-state index in [0.717, 1.165) is 49.3 Å². The second-order valence-electron chi connectivity index (χ2n) is 6.63. The molecule has 1 saturated heterocycles. The van der Waals surface area contributed by atoms with Crippen LogP contribution in [0, 0.1) is 5.82 Å². The van der Waals surface area contributed by atoms with Crippen LogP contribution in [0.3, 0.4) is 0 Å². The predicted octanol–water partition coefficient (Wildman–Crippen LogP) is 3.99. The van der Waals surface area contributed by atoms with E-state index >= 15 is 0 Å². The van der Waals surface area contributed by atoms with Crippen molar-refractivity contribution in [3.8, 4) is 11.1 Å². The highest BCUT2D eigenvalue weighted by Gasteiger charge is 2.25. The van der Waals surface area contributed by atoms with E-state index in [1.54, 1.807) is 0 Å². The Labute approximate surface area is 146 Å². The van der Waals surface area contributed by atoms with Crippen molar-refractivity contribution < 1.29 is 4.39 Å². The van der Waals surface area contributed by atoms with Crippen molar-refractivity contribution in [3.63, 3.8) is 0 Å². The zero-order chi connectivity index (χ0) is 17.1. The van der Waals surface area contributed by atoms with Crippen molar-refractivity contribution in [2.75, 3.05) is 13.1 Å². The number of pyridine rings is 1. The second kappa shape index (κ2) is 7.15. The third kappa shape index (κ3) is 3.61. The highest BCUT2D eigenvalue weighted by Crippen LogP contribution is 2.33. The monoisotopic (exact) mass is 336 g/mol. The van der Waals surface area contributed by atoms with E-state index in [4.69, 9.17) is 0 Å². The van der Waals surface area contributed by atoms with Crippen LogP contribution < -0.4 is 0 Å². The number of nitrogens with one attached hydrogen (secondary N) is 1. The first-order chi connectivity index (χ1) is 12.3. The Morgan fingerprint density at radius 1 is 1.12 bits per heavy atom. The molecule has 4 nitrogen and oxygen atoms in total. The maximum absolute atomic E-state index is 13.2. The lowest BCUT2D eigenvalue weighted by atomic mass is 9.90. The third-order valence-corrected chi connectivity index (χ3v) is 4.89. The molecular formula is C20H21FN4. The quantitative estimate of drug-likeness (QED) is 0.783. The molecule has 1 atom stereocenters. The average molecular weight is 336 g/mol. The molecule has 0 amide bonds. The minimum Gasteiger partial charge on any atom is -0.298 e. The maximum atomic E-state index is 13.2. The molecular weight excluding hydrogens is 315 g/mol. The van der Waals surface area contributed by atoms with Gasteiger partial charge in [-0.2, -0.15) is 5.10 Å². The lowest BCUT2D eigenvalue weighted by molar-refractivity contribution is 0.198. The molecule has 0 saturated carbocycles. The second-order valence-corrected chi connectivity index (χ2v) is 6.63. The van der Waals surface area contributed by atoms with Crippen LogP contribution in [0.2, 0.25) is 0 Å². The van der Waals surface area contributed by atoms with Crippen molar-refractivity contribution >= 4 is 0 Å². The summed E-state index contributed by atoms with van der Waals surface area (Å²) in [5, 5.41) is 7.45. The Hall–Kier alpha value is -2.53. The molecule has 128 valence electrons. The molecule has 1 aliphatic heterocycles. The first-order valence-corrected chi connectivity index (χ1v) is 8.70. The summed E-state index contributed by atoms with van der Waals surface area (Å²) in [5.41, 5.74) is 4.54. The van der Waals surface area contributed by atoms with E-state index in [0.29, 0.717) is 5.92 Å². The SMILES string of the molecule is Fc1ccc(-c2cn[nH]c2[C@H]2CCCN(Cc3ccncc3)C2)cc1. The predicted molar refractivity (Wildman–Crippen MR) is 95.5 cm³/mol. The molecule has 1 aromatic carbocycles. The van der Waals surface area contributed by atoms with Gasteiger partial charge in [0.25, 0.3) is 0 Å². The summed E-state index contributed by atoms with van der Waals surface area (Å²) >= 11 is 0. The van der Waals surface area contributed by atoms with Gasteiger partial charge in [-0.25, -0.2) is 4.39 Å². The molecule has 25 heavy (non-hydrogen) atoms. The summed E-state index contributed by atoms with van der Waals surface area (Å²) < 4.78 is 13.2. The zero-order valence-corrected chi connectivity index (χ0v) is 14.0. The number of halogens is 1. The van der Waals surface area contributed by atoms with Gasteiger partial charge in [0.1, 0.15) is 5.82 Å². The van der Waals surface area contributed by atoms with Crippen molar-refractivity contribution in [1.29, 1.82) is 0 Å². The fraction of sp³-hybridized carbons (Fsp3) is 0.300. The third-order valence-electron chi connectivity index (χ3n) is 4.89. The van der Waals surface area contributed by atoms with E-state index in [9.17, 15) is 4.39 Å². The largest absolute Gasteiger partial charge is 0.298 e. The Morgan fingerprint density at radius 2 is 1.92 bits per heavy atom. The highest BCUT2D eigenvalue weighted by molar-refractivity contribution is 5.65. The molecule has 0 bridgehead atoms. The number of hydrogen-bond donors (Lipinski definition) is 1. The Kier molecular flexibility index (Phi) is 4.57. The van der Waals surface area contributed by atoms with Crippen LogP contribution in [-0.4, -0.2) is 33.2 Å². The minimum absolute atomic E-state index is 0.213. The van der Waals surface area contributed by atoms with Gasteiger partial charge >= 0.3 is 0 Å². The van der Waals surface area contributed by atoms with Gasteiger partial charge in [-0.1, -0.05) is 12.1 Å². The fourth-order valence-electron chi connectivity index (χ4n) is 3.65. The molecule has 3 heterocycles. The fourth-order valence-corrected chi connectivity index (χ4v) is 3.65. The number of nitrogens with zero attached hydrogens (tertiary/aromatic N) is 3. The van der Waals surface area contributed by atoms with Gasteiger partial charge in [-0.15, -0.1) is 0 Å². The van der Waals surface area contributed by atoms with Gasteiger partial charge in [0, 0.05) is 42.7 Å². The smallest absolute Gasteiger partial charge is 0.123 e. The van der Waals surface area contributed by atoms with E-state index in [1.165, 1.54) is 17.7 Å². The lowest BCUT2D eigenvalue weighted by Crippen LogP contribution is -2.34. The first-order valence-electron chi connectivity index (χ1n) is 8.70. The van der Waals surface area contributed by atoms with Gasteiger partial charge in [0.05, 0.1) is 6.20 Å². The number of aromatic nitrogens is 3. The Balaban J connectivity index is 1.52. The van der Waals surface area contributed by atoms with Crippen molar-refractivity contribution in [2.45, 2.75) is 25.3 Å². The van der Waals surface area contributed by atoms with Crippen LogP contribution in [0.5, 0.6) is 0 Å². The van der Waals surface area contributed by atoms with Crippen LogP contribution in [0.15, 0.2) is 55.0 Å². The van der Waals surface area contributed by atoms with Gasteiger partial charge < -0.3 is 0 Å². The van der Waals surface area contributed by atoms with Crippen molar-refractivity contribution in [3.05, 3.63) is 72.1 Å². The van der Waals surface area contributed by atoms with Crippen LogP contribution in [-0.2, 0) is 6.54 Å². The summed E-state index contributed by atoms with van der Waals surface area (Å²) in [6.07, 6.45) is 7.85. The number of likely N-dealkylation sites (tertiary alicyclic amines) is 1. The Bertz CT molecular complexity index is 813. The van der Waals surface area contributed by atoms with E-state index in [2.05, 4.69) is 32.2 Å². The average Bonchev–Trinajstić information content (AvgIpc) is 3.13. The topological polar surface area (TPSA) is 44.8 Å². The number of hydrogen-bond acceptors (Lipinski definition) is 3. The number of H-pyrrole nitrogens is 1. The summed E-state index contributed by atoms with van der Waals surface area (Å²) in [6.45, 7) is 3.05. The molecule has 1 aliphatic rings. The molecule has 2 aromatic heterocycles. The Morgan fingerprint density at radius 3 is 2.72 bits per heavy atom. The summed E-state index contributed by atoms with van der Waals surface area (Å²) in [5.74, 6) is 0.202. The molecule has 0 unspecified atom stereocenters. The molecule has 0 spiro atoms. The molecule has 0 aliphatic carbocycles. The first kappa shape index (κ1) is 16.0. The van der Waals surface area contributed by atoms with Crippen LogP contribution >= 0.6 is 0 Å². The van der Waals surface area contributed by atoms with Gasteiger partial charge in [-0.05, 0) is 54.8 Å². The number of piperidine rings is 1. The molecule has 5 heteroatoms. The van der Waals surface area contributed by atoms with Crippen LogP contribution in [0.1, 0.15) is 30.0 Å². The lowest BCUT2D eigenvalue weighted by Gasteiger charge is -2.32. The summed E-state index contributed by atoms with van der Waals surface area (Å²) in [6, 6.07) is 10.8. The van der Waals surface area contributed by atoms with Crippen LogP contribution in [0.25, 0.3) is 11.1 Å². The zero-order valence-electron chi connectivity index (χ0n) is 14.0. The molecule has 4 rings (SSSR count). The van der Waals surface area contributed by atoms with Crippen molar-refractivity contribution in [2.24, 2.45) is 0 Å². The maximum Gasteiger partial charge on any atom is 0.123 e. The van der Waals surface area contributed by atoms with Gasteiger partial charge in [-0.3, -0.25) is 15.0 Å². The number of benzene rings is 1. The van der Waals surface area contributed by atoms with Crippen LogP contribution in [0.4, 0.5) is 4.39 Å². The van der Waals surface area contributed by atoms with E-state index < -0.39 is 0 Å². The highest BCUT2D eigenvalue weighted by atomic mass is 19.1. The van der Waals surface area contributed by atoms with Crippen molar-refractivity contribution in [1.82, 2.24) is 20.1 Å². The molecule has 1 N–H and O–H groups in total. The van der Waals surface area contributed by atoms with E-state index in [-0.39, 0.29) is 5.82 Å². The van der Waals surface area contributed by atoms with Gasteiger partial charge in [0.2, 0.25) is 0 Å². The molecule has 1 fully saturated rings. The standard InChI is InChI=1S/C20H21FN4/c21-18-5-3-16(4-6-18)19-12-23-24-20(19)17-2-1-11-25(14-17)13-15-7-9-22-10-8-15/h3-10,12,17H,1-2,11,13-14H2,(H,23,24)/t17-/m0/s1. The molecule has 0 radical (unpaired) electrons. The summed E-state index contributed by atoms with van der Waals surface area (Å²) in [7, 11) is 0. The number of rotatable bonds is 4.